The second-order valence-corrected chi connectivity index (χ2v) is 8.45. The standard InChI is InChI=1S/C23H25N5O3/c1-15-11-22(30)28-20(24-15)12-19(25-28)17-6-4-9-26(14-17)21(29)8-10-27-13-16-5-2-3-7-18(16)23(27)31/h2-3,5,7,11-12,17,25H,4,6,8-10,13-14H2,1H3/t17-/m0/s1. The Hall–Kier alpha value is -3.42. The topological polar surface area (TPSA) is 90.8 Å². The van der Waals surface area contributed by atoms with Gasteiger partial charge in [-0.1, -0.05) is 18.2 Å². The van der Waals surface area contributed by atoms with E-state index < -0.39 is 0 Å². The molecule has 1 fully saturated rings. The Morgan fingerprint density at radius 2 is 2.06 bits per heavy atom. The van der Waals surface area contributed by atoms with Gasteiger partial charge >= 0.3 is 0 Å². The minimum Gasteiger partial charge on any atom is -0.342 e. The van der Waals surface area contributed by atoms with Crippen LogP contribution >= 0.6 is 0 Å². The van der Waals surface area contributed by atoms with E-state index in [0.717, 1.165) is 36.2 Å². The number of aryl methyl sites for hydroxylation is 1. The third-order valence-electron chi connectivity index (χ3n) is 6.30. The summed E-state index contributed by atoms with van der Waals surface area (Å²) in [6.07, 6.45) is 2.17. The summed E-state index contributed by atoms with van der Waals surface area (Å²) in [6, 6.07) is 11.0. The maximum atomic E-state index is 12.9. The summed E-state index contributed by atoms with van der Waals surface area (Å²) < 4.78 is 1.46. The van der Waals surface area contributed by atoms with Gasteiger partial charge in [-0.25, -0.2) is 9.50 Å². The van der Waals surface area contributed by atoms with Gasteiger partial charge in [0.25, 0.3) is 11.5 Å². The van der Waals surface area contributed by atoms with Gasteiger partial charge in [0.2, 0.25) is 5.91 Å². The molecule has 2 amide bonds. The molecule has 1 atom stereocenters. The van der Waals surface area contributed by atoms with E-state index in [-0.39, 0.29) is 23.3 Å². The summed E-state index contributed by atoms with van der Waals surface area (Å²) in [7, 11) is 0. The van der Waals surface area contributed by atoms with Crippen LogP contribution in [0.1, 0.15) is 52.5 Å². The molecule has 2 aromatic heterocycles. The molecule has 2 aliphatic rings. The molecular formula is C23H25N5O3. The molecule has 2 aliphatic heterocycles. The number of amides is 2. The Labute approximate surface area is 179 Å². The minimum absolute atomic E-state index is 0.00577. The van der Waals surface area contributed by atoms with Crippen molar-refractivity contribution in [1.82, 2.24) is 24.4 Å². The molecule has 0 radical (unpaired) electrons. The number of nitrogens with one attached hydrogen (secondary N) is 1. The van der Waals surface area contributed by atoms with Gasteiger partial charge in [0.05, 0.1) is 0 Å². The number of benzene rings is 1. The zero-order chi connectivity index (χ0) is 21.5. The molecular weight excluding hydrogens is 394 g/mol. The second kappa shape index (κ2) is 7.68. The number of carbonyl (C=O) groups excluding carboxylic acids is 2. The van der Waals surface area contributed by atoms with Gasteiger partial charge in [0.15, 0.2) is 5.65 Å². The number of hydrogen-bond donors (Lipinski definition) is 1. The number of aromatic amines is 1. The van der Waals surface area contributed by atoms with E-state index in [4.69, 9.17) is 0 Å². The molecule has 31 heavy (non-hydrogen) atoms. The van der Waals surface area contributed by atoms with Crippen molar-refractivity contribution in [2.24, 2.45) is 0 Å². The summed E-state index contributed by atoms with van der Waals surface area (Å²) in [5.74, 6) is 0.207. The molecule has 8 heteroatoms. The van der Waals surface area contributed by atoms with E-state index in [1.165, 1.54) is 10.6 Å². The minimum atomic E-state index is -0.131. The SMILES string of the molecule is Cc1cc(=O)n2[nH]c([C@H]3CCCN(C(=O)CCN4Cc5ccccc5C4=O)C3)cc2n1. The Bertz CT molecular complexity index is 1230. The fraction of sp³-hybridized carbons (Fsp3) is 0.391. The number of piperidine rings is 1. The fourth-order valence-electron chi connectivity index (χ4n) is 4.68. The van der Waals surface area contributed by atoms with Gasteiger partial charge in [0, 0.05) is 67.6 Å². The number of hydrogen-bond acceptors (Lipinski definition) is 4. The van der Waals surface area contributed by atoms with Crippen LogP contribution in [0, 0.1) is 6.92 Å². The summed E-state index contributed by atoms with van der Waals surface area (Å²) in [6.45, 7) is 4.13. The van der Waals surface area contributed by atoms with Crippen LogP contribution in [-0.4, -0.2) is 55.8 Å². The maximum absolute atomic E-state index is 12.9. The molecule has 0 bridgehead atoms. The number of H-pyrrole nitrogens is 1. The summed E-state index contributed by atoms with van der Waals surface area (Å²) in [4.78, 5) is 45.7. The average Bonchev–Trinajstić information content (AvgIpc) is 3.34. The molecule has 5 rings (SSSR count). The van der Waals surface area contributed by atoms with E-state index in [1.807, 2.05) is 35.2 Å². The highest BCUT2D eigenvalue weighted by Gasteiger charge is 2.29. The monoisotopic (exact) mass is 419 g/mol. The van der Waals surface area contributed by atoms with Crippen molar-refractivity contribution in [1.29, 1.82) is 0 Å². The normalized spacial score (nSPS) is 18.6. The van der Waals surface area contributed by atoms with Crippen molar-refractivity contribution in [2.45, 2.75) is 38.6 Å². The van der Waals surface area contributed by atoms with Crippen molar-refractivity contribution >= 4 is 17.5 Å². The average molecular weight is 419 g/mol. The van der Waals surface area contributed by atoms with Crippen LogP contribution < -0.4 is 5.56 Å². The van der Waals surface area contributed by atoms with Crippen LogP contribution in [0.5, 0.6) is 0 Å². The number of rotatable bonds is 4. The fourth-order valence-corrected chi connectivity index (χ4v) is 4.68. The first kappa shape index (κ1) is 19.5. The van der Waals surface area contributed by atoms with Crippen LogP contribution in [0.2, 0.25) is 0 Å². The Morgan fingerprint density at radius 1 is 1.23 bits per heavy atom. The highest BCUT2D eigenvalue weighted by atomic mass is 16.2. The molecule has 0 saturated carbocycles. The lowest BCUT2D eigenvalue weighted by atomic mass is 9.94. The summed E-state index contributed by atoms with van der Waals surface area (Å²) in [5, 5.41) is 3.16. The van der Waals surface area contributed by atoms with Crippen molar-refractivity contribution < 1.29 is 9.59 Å². The number of carbonyl (C=O) groups is 2. The molecule has 8 nitrogen and oxygen atoms in total. The predicted molar refractivity (Wildman–Crippen MR) is 115 cm³/mol. The van der Waals surface area contributed by atoms with Crippen molar-refractivity contribution in [3.05, 3.63) is 69.3 Å². The van der Waals surface area contributed by atoms with Crippen LogP contribution in [-0.2, 0) is 11.3 Å². The zero-order valence-corrected chi connectivity index (χ0v) is 17.5. The first-order valence-electron chi connectivity index (χ1n) is 10.7. The molecule has 0 aliphatic carbocycles. The van der Waals surface area contributed by atoms with Gasteiger partial charge in [-0.05, 0) is 31.4 Å². The number of likely N-dealkylation sites (tertiary alicyclic amines) is 1. The van der Waals surface area contributed by atoms with Gasteiger partial charge in [-0.3, -0.25) is 19.5 Å². The molecule has 0 unspecified atom stereocenters. The molecule has 1 saturated heterocycles. The van der Waals surface area contributed by atoms with E-state index >= 15 is 0 Å². The van der Waals surface area contributed by atoms with Crippen LogP contribution in [0.15, 0.2) is 41.2 Å². The molecule has 0 spiro atoms. The Kier molecular flexibility index (Phi) is 4.84. The van der Waals surface area contributed by atoms with Crippen molar-refractivity contribution in [3.63, 3.8) is 0 Å². The van der Waals surface area contributed by atoms with E-state index in [1.54, 1.807) is 11.8 Å². The van der Waals surface area contributed by atoms with E-state index in [2.05, 4.69) is 10.1 Å². The highest BCUT2D eigenvalue weighted by molar-refractivity contribution is 5.98. The Balaban J connectivity index is 1.24. The van der Waals surface area contributed by atoms with Crippen molar-refractivity contribution in [2.75, 3.05) is 19.6 Å². The molecule has 4 heterocycles. The van der Waals surface area contributed by atoms with Gasteiger partial charge in [-0.2, -0.15) is 0 Å². The molecule has 1 aromatic carbocycles. The first-order chi connectivity index (χ1) is 15.0. The van der Waals surface area contributed by atoms with Gasteiger partial charge in [0.1, 0.15) is 0 Å². The third-order valence-corrected chi connectivity index (χ3v) is 6.30. The zero-order valence-electron chi connectivity index (χ0n) is 17.5. The Morgan fingerprint density at radius 3 is 2.90 bits per heavy atom. The maximum Gasteiger partial charge on any atom is 0.272 e. The third kappa shape index (κ3) is 3.62. The number of aromatic nitrogens is 3. The van der Waals surface area contributed by atoms with Crippen LogP contribution in [0.25, 0.3) is 5.65 Å². The second-order valence-electron chi connectivity index (χ2n) is 8.45. The molecule has 160 valence electrons. The van der Waals surface area contributed by atoms with Crippen LogP contribution in [0.4, 0.5) is 0 Å². The lowest BCUT2D eigenvalue weighted by Gasteiger charge is -2.32. The number of nitrogens with zero attached hydrogens (tertiary/aromatic N) is 4. The quantitative estimate of drug-likeness (QED) is 0.701. The van der Waals surface area contributed by atoms with E-state index in [0.29, 0.717) is 37.4 Å². The lowest BCUT2D eigenvalue weighted by molar-refractivity contribution is -0.132. The molecule has 3 aromatic rings. The molecule has 1 N–H and O–H groups in total. The smallest absolute Gasteiger partial charge is 0.272 e. The first-order valence-corrected chi connectivity index (χ1v) is 10.7. The summed E-state index contributed by atoms with van der Waals surface area (Å²) in [5.41, 5.74) is 3.86. The van der Waals surface area contributed by atoms with Crippen molar-refractivity contribution in [3.8, 4) is 0 Å². The van der Waals surface area contributed by atoms with Gasteiger partial charge < -0.3 is 9.80 Å². The highest BCUT2D eigenvalue weighted by Crippen LogP contribution is 2.27. The van der Waals surface area contributed by atoms with Crippen LogP contribution in [0.3, 0.4) is 0 Å². The van der Waals surface area contributed by atoms with E-state index in [9.17, 15) is 14.4 Å². The number of fused-ring (bicyclic) bond motifs is 2. The lowest BCUT2D eigenvalue weighted by Crippen LogP contribution is -2.40. The van der Waals surface area contributed by atoms with Gasteiger partial charge in [-0.15, -0.1) is 0 Å². The summed E-state index contributed by atoms with van der Waals surface area (Å²) >= 11 is 0. The predicted octanol–water partition coefficient (Wildman–Crippen LogP) is 2.08. The largest absolute Gasteiger partial charge is 0.342 e.